The summed E-state index contributed by atoms with van der Waals surface area (Å²) in [5.41, 5.74) is 6.16. The second-order valence-corrected chi connectivity index (χ2v) is 5.20. The Hall–Kier alpha value is -0.410. The van der Waals surface area contributed by atoms with Gasteiger partial charge in [-0.05, 0) is 30.7 Å². The first-order chi connectivity index (χ1) is 6.86. The van der Waals surface area contributed by atoms with Crippen molar-refractivity contribution in [3.05, 3.63) is 24.2 Å². The molecule has 0 bridgehead atoms. The van der Waals surface area contributed by atoms with Gasteiger partial charge in [-0.1, -0.05) is 6.42 Å². The molecule has 2 N–H and O–H groups in total. The highest BCUT2D eigenvalue weighted by molar-refractivity contribution is 8.00. The summed E-state index contributed by atoms with van der Waals surface area (Å²) in [5.74, 6) is 2.29. The van der Waals surface area contributed by atoms with Crippen LogP contribution in [0.5, 0.6) is 0 Å². The van der Waals surface area contributed by atoms with E-state index < -0.39 is 0 Å². The Morgan fingerprint density at radius 2 is 2.50 bits per heavy atom. The summed E-state index contributed by atoms with van der Waals surface area (Å²) >= 11 is 2.03. The van der Waals surface area contributed by atoms with Gasteiger partial charge >= 0.3 is 0 Å². The molecule has 1 aliphatic rings. The van der Waals surface area contributed by atoms with Crippen molar-refractivity contribution >= 4 is 11.8 Å². The van der Waals surface area contributed by atoms with E-state index in [1.165, 1.54) is 25.0 Å². The molecule has 14 heavy (non-hydrogen) atoms. The molecule has 0 aliphatic carbocycles. The van der Waals surface area contributed by atoms with E-state index in [-0.39, 0.29) is 6.04 Å². The van der Waals surface area contributed by atoms with Gasteiger partial charge in [0.15, 0.2) is 0 Å². The molecular formula is C11H17NOS. The third kappa shape index (κ3) is 2.55. The first-order valence-corrected chi connectivity index (χ1v) is 6.31. The van der Waals surface area contributed by atoms with Gasteiger partial charge < -0.3 is 10.2 Å². The second kappa shape index (κ2) is 4.89. The lowest BCUT2D eigenvalue weighted by atomic mass is 10.0. The highest BCUT2D eigenvalue weighted by Crippen LogP contribution is 2.28. The molecule has 2 heterocycles. The smallest absolute Gasteiger partial charge is 0.105 e. The van der Waals surface area contributed by atoms with E-state index in [0.717, 1.165) is 12.2 Å². The summed E-state index contributed by atoms with van der Waals surface area (Å²) in [7, 11) is 0. The Balaban J connectivity index is 1.85. The van der Waals surface area contributed by atoms with Gasteiger partial charge in [-0.2, -0.15) is 11.8 Å². The minimum atomic E-state index is 0.256. The SMILES string of the molecule is NC(Cc1ccco1)C1CCCCS1. The first kappa shape index (κ1) is 10.1. The van der Waals surface area contributed by atoms with Gasteiger partial charge in [0, 0.05) is 17.7 Å². The monoisotopic (exact) mass is 211 g/mol. The largest absolute Gasteiger partial charge is 0.469 e. The van der Waals surface area contributed by atoms with Crippen molar-refractivity contribution in [2.75, 3.05) is 5.75 Å². The summed E-state index contributed by atoms with van der Waals surface area (Å²) in [6, 6.07) is 4.19. The van der Waals surface area contributed by atoms with Crippen molar-refractivity contribution in [1.82, 2.24) is 0 Å². The average Bonchev–Trinajstić information content (AvgIpc) is 2.72. The van der Waals surface area contributed by atoms with E-state index in [1.54, 1.807) is 6.26 Å². The van der Waals surface area contributed by atoms with Crippen LogP contribution in [0.15, 0.2) is 22.8 Å². The topological polar surface area (TPSA) is 39.2 Å². The highest BCUT2D eigenvalue weighted by Gasteiger charge is 2.21. The van der Waals surface area contributed by atoms with Crippen molar-refractivity contribution in [3.8, 4) is 0 Å². The van der Waals surface area contributed by atoms with E-state index in [9.17, 15) is 0 Å². The summed E-state index contributed by atoms with van der Waals surface area (Å²) in [5, 5.41) is 0.633. The van der Waals surface area contributed by atoms with E-state index in [2.05, 4.69) is 0 Å². The molecule has 2 rings (SSSR count). The van der Waals surface area contributed by atoms with Crippen LogP contribution in [-0.2, 0) is 6.42 Å². The Morgan fingerprint density at radius 1 is 1.57 bits per heavy atom. The van der Waals surface area contributed by atoms with Crippen LogP contribution in [-0.4, -0.2) is 17.0 Å². The number of rotatable bonds is 3. The lowest BCUT2D eigenvalue weighted by Gasteiger charge is -2.26. The average molecular weight is 211 g/mol. The molecule has 2 nitrogen and oxygen atoms in total. The van der Waals surface area contributed by atoms with Crippen molar-refractivity contribution in [1.29, 1.82) is 0 Å². The van der Waals surface area contributed by atoms with Gasteiger partial charge in [0.1, 0.15) is 5.76 Å². The minimum absolute atomic E-state index is 0.256. The lowest BCUT2D eigenvalue weighted by molar-refractivity contribution is 0.467. The van der Waals surface area contributed by atoms with Gasteiger partial charge in [0.25, 0.3) is 0 Å². The van der Waals surface area contributed by atoms with Crippen LogP contribution in [0.25, 0.3) is 0 Å². The van der Waals surface area contributed by atoms with Crippen molar-refractivity contribution in [2.45, 2.75) is 37.0 Å². The summed E-state index contributed by atoms with van der Waals surface area (Å²) in [6.45, 7) is 0. The zero-order valence-corrected chi connectivity index (χ0v) is 9.13. The van der Waals surface area contributed by atoms with Gasteiger partial charge in [0.2, 0.25) is 0 Å². The second-order valence-electron chi connectivity index (χ2n) is 3.85. The molecule has 2 unspecified atom stereocenters. The van der Waals surface area contributed by atoms with Crippen molar-refractivity contribution in [2.24, 2.45) is 5.73 Å². The molecule has 1 aliphatic heterocycles. The van der Waals surface area contributed by atoms with E-state index in [4.69, 9.17) is 10.2 Å². The van der Waals surface area contributed by atoms with Crippen molar-refractivity contribution in [3.63, 3.8) is 0 Å². The summed E-state index contributed by atoms with van der Waals surface area (Å²) in [6.07, 6.45) is 6.56. The predicted octanol–water partition coefficient (Wildman–Crippen LogP) is 2.44. The number of furan rings is 1. The van der Waals surface area contributed by atoms with Crippen LogP contribution in [0.4, 0.5) is 0 Å². The van der Waals surface area contributed by atoms with Crippen molar-refractivity contribution < 1.29 is 4.42 Å². The van der Waals surface area contributed by atoms with Crippen LogP contribution in [0.2, 0.25) is 0 Å². The predicted molar refractivity (Wildman–Crippen MR) is 60.5 cm³/mol. The third-order valence-corrected chi connectivity index (χ3v) is 4.25. The highest BCUT2D eigenvalue weighted by atomic mass is 32.2. The molecule has 1 aromatic rings. The normalized spacial score (nSPS) is 24.8. The molecule has 0 radical (unpaired) electrons. The molecule has 0 spiro atoms. The number of thioether (sulfide) groups is 1. The van der Waals surface area contributed by atoms with E-state index in [1.807, 2.05) is 23.9 Å². The van der Waals surface area contributed by atoms with E-state index >= 15 is 0 Å². The first-order valence-electron chi connectivity index (χ1n) is 5.26. The molecule has 1 saturated heterocycles. The molecule has 0 saturated carbocycles. The fourth-order valence-electron chi connectivity index (χ4n) is 1.90. The maximum Gasteiger partial charge on any atom is 0.105 e. The molecule has 0 amide bonds. The standard InChI is InChI=1S/C11H17NOS/c12-10(8-9-4-3-6-13-9)11-5-1-2-7-14-11/h3-4,6,10-11H,1-2,5,7-8,12H2. The molecule has 78 valence electrons. The van der Waals surface area contributed by atoms with Gasteiger partial charge in [-0.3, -0.25) is 0 Å². The fraction of sp³-hybridized carbons (Fsp3) is 0.636. The Morgan fingerprint density at radius 3 is 3.14 bits per heavy atom. The number of hydrogen-bond acceptors (Lipinski definition) is 3. The third-order valence-electron chi connectivity index (χ3n) is 2.71. The quantitative estimate of drug-likeness (QED) is 0.834. The Labute approximate surface area is 89.2 Å². The summed E-state index contributed by atoms with van der Waals surface area (Å²) in [4.78, 5) is 0. The molecule has 1 aromatic heterocycles. The zero-order valence-electron chi connectivity index (χ0n) is 8.32. The van der Waals surface area contributed by atoms with Crippen LogP contribution in [0.1, 0.15) is 25.0 Å². The molecular weight excluding hydrogens is 194 g/mol. The maximum absolute atomic E-state index is 6.16. The van der Waals surface area contributed by atoms with E-state index in [0.29, 0.717) is 5.25 Å². The molecule has 0 aromatic carbocycles. The van der Waals surface area contributed by atoms with Gasteiger partial charge in [0.05, 0.1) is 6.26 Å². The lowest BCUT2D eigenvalue weighted by Crippen LogP contribution is -2.36. The summed E-state index contributed by atoms with van der Waals surface area (Å²) < 4.78 is 5.31. The Bertz CT molecular complexity index is 254. The van der Waals surface area contributed by atoms with Gasteiger partial charge in [-0.25, -0.2) is 0 Å². The fourth-order valence-corrected chi connectivity index (χ4v) is 3.25. The molecule has 2 atom stereocenters. The Kier molecular flexibility index (Phi) is 3.54. The maximum atomic E-state index is 6.16. The van der Waals surface area contributed by atoms with Crippen LogP contribution in [0, 0.1) is 0 Å². The number of hydrogen-bond donors (Lipinski definition) is 1. The minimum Gasteiger partial charge on any atom is -0.469 e. The molecule has 1 fully saturated rings. The molecule has 3 heteroatoms. The van der Waals surface area contributed by atoms with Crippen LogP contribution >= 0.6 is 11.8 Å². The number of nitrogens with two attached hydrogens (primary N) is 1. The van der Waals surface area contributed by atoms with Crippen LogP contribution in [0.3, 0.4) is 0 Å². The zero-order chi connectivity index (χ0) is 9.80. The van der Waals surface area contributed by atoms with Crippen LogP contribution < -0.4 is 5.73 Å². The van der Waals surface area contributed by atoms with Gasteiger partial charge in [-0.15, -0.1) is 0 Å².